The standard InChI is InChI=1S/C17H30N4O5/c1-9(2)13(18)16(25)20-14(10(3)4)17(26)21-7-5-6-11(21)15(24)19-8-12(22)23/h9-11,13-14H,5-8,18H2,1-4H3,(H,19,24)(H,20,25)(H,22,23). The van der Waals surface area contributed by atoms with Crippen molar-refractivity contribution in [3.05, 3.63) is 0 Å². The maximum absolute atomic E-state index is 12.9. The number of aliphatic carboxylic acids is 1. The van der Waals surface area contributed by atoms with E-state index in [0.29, 0.717) is 19.4 Å². The summed E-state index contributed by atoms with van der Waals surface area (Å²) in [5, 5.41) is 13.7. The van der Waals surface area contributed by atoms with Gasteiger partial charge in [-0.25, -0.2) is 0 Å². The van der Waals surface area contributed by atoms with Gasteiger partial charge in [0.1, 0.15) is 18.6 Å². The van der Waals surface area contributed by atoms with E-state index in [2.05, 4.69) is 10.6 Å². The molecule has 3 atom stereocenters. The summed E-state index contributed by atoms with van der Waals surface area (Å²) < 4.78 is 0. The molecular weight excluding hydrogens is 340 g/mol. The molecule has 1 saturated heterocycles. The molecule has 0 spiro atoms. The highest BCUT2D eigenvalue weighted by Gasteiger charge is 2.39. The number of carbonyl (C=O) groups excluding carboxylic acids is 3. The Morgan fingerprint density at radius 2 is 1.77 bits per heavy atom. The molecule has 5 N–H and O–H groups in total. The van der Waals surface area contributed by atoms with Crippen LogP contribution >= 0.6 is 0 Å². The zero-order chi connectivity index (χ0) is 20.0. The fourth-order valence-corrected chi connectivity index (χ4v) is 2.83. The molecule has 3 unspecified atom stereocenters. The summed E-state index contributed by atoms with van der Waals surface area (Å²) in [4.78, 5) is 49.4. The Labute approximate surface area is 153 Å². The number of nitrogens with zero attached hydrogens (tertiary/aromatic N) is 1. The zero-order valence-electron chi connectivity index (χ0n) is 15.8. The number of hydrogen-bond acceptors (Lipinski definition) is 5. The molecule has 9 nitrogen and oxygen atoms in total. The minimum absolute atomic E-state index is 0.0701. The van der Waals surface area contributed by atoms with Crippen LogP contribution in [0.4, 0.5) is 0 Å². The molecule has 0 aromatic rings. The molecule has 1 fully saturated rings. The second-order valence-corrected chi connectivity index (χ2v) is 7.30. The van der Waals surface area contributed by atoms with Crippen LogP contribution in [-0.4, -0.2) is 64.9 Å². The third kappa shape index (κ3) is 5.69. The molecule has 1 heterocycles. The van der Waals surface area contributed by atoms with Gasteiger partial charge in [-0.05, 0) is 24.7 Å². The predicted octanol–water partition coefficient (Wildman–Crippen LogP) is -0.698. The topological polar surface area (TPSA) is 142 Å². The van der Waals surface area contributed by atoms with E-state index in [1.165, 1.54) is 4.90 Å². The van der Waals surface area contributed by atoms with E-state index in [1.54, 1.807) is 13.8 Å². The highest BCUT2D eigenvalue weighted by atomic mass is 16.4. The first-order valence-corrected chi connectivity index (χ1v) is 8.92. The fourth-order valence-electron chi connectivity index (χ4n) is 2.83. The molecule has 9 heteroatoms. The fraction of sp³-hybridized carbons (Fsp3) is 0.765. The molecule has 1 aliphatic heterocycles. The average Bonchev–Trinajstić information content (AvgIpc) is 3.05. The van der Waals surface area contributed by atoms with Gasteiger partial charge in [0.15, 0.2) is 0 Å². The van der Waals surface area contributed by atoms with Crippen molar-refractivity contribution >= 4 is 23.7 Å². The normalized spacial score (nSPS) is 19.3. The highest BCUT2D eigenvalue weighted by Crippen LogP contribution is 2.20. The molecule has 0 aromatic carbocycles. The largest absolute Gasteiger partial charge is 0.480 e. The molecule has 3 amide bonds. The van der Waals surface area contributed by atoms with Crippen LogP contribution in [0, 0.1) is 11.8 Å². The monoisotopic (exact) mass is 370 g/mol. The van der Waals surface area contributed by atoms with E-state index in [4.69, 9.17) is 10.8 Å². The minimum Gasteiger partial charge on any atom is -0.480 e. The lowest BCUT2D eigenvalue weighted by Crippen LogP contribution is -2.58. The van der Waals surface area contributed by atoms with Gasteiger partial charge in [-0.2, -0.15) is 0 Å². The smallest absolute Gasteiger partial charge is 0.322 e. The Morgan fingerprint density at radius 3 is 2.27 bits per heavy atom. The minimum atomic E-state index is -1.15. The van der Waals surface area contributed by atoms with Crippen LogP contribution in [0.15, 0.2) is 0 Å². The first-order chi connectivity index (χ1) is 12.1. The van der Waals surface area contributed by atoms with Crippen LogP contribution in [0.5, 0.6) is 0 Å². The number of likely N-dealkylation sites (tertiary alicyclic amines) is 1. The molecule has 0 bridgehead atoms. The predicted molar refractivity (Wildman–Crippen MR) is 95.0 cm³/mol. The summed E-state index contributed by atoms with van der Waals surface area (Å²) in [6.45, 7) is 7.14. The Kier molecular flexibility index (Phi) is 8.01. The third-order valence-corrected chi connectivity index (χ3v) is 4.50. The zero-order valence-corrected chi connectivity index (χ0v) is 15.8. The van der Waals surface area contributed by atoms with Gasteiger partial charge in [0, 0.05) is 6.54 Å². The summed E-state index contributed by atoms with van der Waals surface area (Å²) in [6, 6.07) is -2.24. The van der Waals surface area contributed by atoms with E-state index in [1.807, 2.05) is 13.8 Å². The van der Waals surface area contributed by atoms with E-state index in [-0.39, 0.29) is 17.7 Å². The van der Waals surface area contributed by atoms with Crippen LogP contribution in [-0.2, 0) is 19.2 Å². The number of carbonyl (C=O) groups is 4. The molecule has 0 radical (unpaired) electrons. The molecule has 148 valence electrons. The van der Waals surface area contributed by atoms with Crippen LogP contribution in [0.25, 0.3) is 0 Å². The lowest BCUT2D eigenvalue weighted by Gasteiger charge is -2.31. The Morgan fingerprint density at radius 1 is 1.15 bits per heavy atom. The number of nitrogens with one attached hydrogen (secondary N) is 2. The summed E-state index contributed by atoms with van der Waals surface area (Å²) in [6.07, 6.45) is 1.10. The van der Waals surface area contributed by atoms with E-state index < -0.39 is 42.5 Å². The van der Waals surface area contributed by atoms with Gasteiger partial charge in [-0.1, -0.05) is 27.7 Å². The lowest BCUT2D eigenvalue weighted by atomic mass is 9.99. The Bertz CT molecular complexity index is 549. The summed E-state index contributed by atoms with van der Waals surface area (Å²) >= 11 is 0. The van der Waals surface area contributed by atoms with Gasteiger partial charge in [0.25, 0.3) is 0 Å². The quantitative estimate of drug-likeness (QED) is 0.445. The van der Waals surface area contributed by atoms with E-state index in [0.717, 1.165) is 0 Å². The van der Waals surface area contributed by atoms with Crippen molar-refractivity contribution in [1.29, 1.82) is 0 Å². The molecule has 0 aliphatic carbocycles. The van der Waals surface area contributed by atoms with Crippen molar-refractivity contribution in [2.75, 3.05) is 13.1 Å². The van der Waals surface area contributed by atoms with Crippen LogP contribution in [0.1, 0.15) is 40.5 Å². The molecule has 1 rings (SSSR count). The SMILES string of the molecule is CC(C)C(N)C(=O)NC(C(=O)N1CCCC1C(=O)NCC(=O)O)C(C)C. The van der Waals surface area contributed by atoms with Crippen molar-refractivity contribution in [2.45, 2.75) is 58.7 Å². The Hall–Kier alpha value is -2.16. The molecule has 0 aromatic heterocycles. The van der Waals surface area contributed by atoms with Gasteiger partial charge in [0.2, 0.25) is 17.7 Å². The number of carboxylic acids is 1. The van der Waals surface area contributed by atoms with Crippen molar-refractivity contribution in [2.24, 2.45) is 17.6 Å². The maximum Gasteiger partial charge on any atom is 0.322 e. The molecule has 1 aliphatic rings. The van der Waals surface area contributed by atoms with Gasteiger partial charge >= 0.3 is 5.97 Å². The van der Waals surface area contributed by atoms with Crippen LogP contribution < -0.4 is 16.4 Å². The first-order valence-electron chi connectivity index (χ1n) is 8.92. The highest BCUT2D eigenvalue weighted by molar-refractivity contribution is 5.94. The van der Waals surface area contributed by atoms with Crippen molar-refractivity contribution in [1.82, 2.24) is 15.5 Å². The summed E-state index contributed by atoms with van der Waals surface area (Å²) in [5.74, 6) is -2.65. The van der Waals surface area contributed by atoms with Gasteiger partial charge < -0.3 is 26.4 Å². The lowest BCUT2D eigenvalue weighted by molar-refractivity contribution is -0.143. The number of rotatable bonds is 8. The second-order valence-electron chi connectivity index (χ2n) is 7.30. The van der Waals surface area contributed by atoms with E-state index >= 15 is 0 Å². The summed E-state index contributed by atoms with van der Waals surface area (Å²) in [5.41, 5.74) is 5.85. The number of amides is 3. The van der Waals surface area contributed by atoms with Crippen LogP contribution in [0.2, 0.25) is 0 Å². The number of nitrogens with two attached hydrogens (primary N) is 1. The third-order valence-electron chi connectivity index (χ3n) is 4.50. The first kappa shape index (κ1) is 21.9. The van der Waals surface area contributed by atoms with Gasteiger partial charge in [-0.15, -0.1) is 0 Å². The van der Waals surface area contributed by atoms with Crippen molar-refractivity contribution < 1.29 is 24.3 Å². The molecule has 0 saturated carbocycles. The van der Waals surface area contributed by atoms with Crippen molar-refractivity contribution in [3.8, 4) is 0 Å². The van der Waals surface area contributed by atoms with Crippen LogP contribution in [0.3, 0.4) is 0 Å². The van der Waals surface area contributed by atoms with E-state index in [9.17, 15) is 19.2 Å². The number of carboxylic acid groups (broad SMARTS) is 1. The summed E-state index contributed by atoms with van der Waals surface area (Å²) in [7, 11) is 0. The molecule has 26 heavy (non-hydrogen) atoms. The van der Waals surface area contributed by atoms with Crippen molar-refractivity contribution in [3.63, 3.8) is 0 Å². The molecular formula is C17H30N4O5. The second kappa shape index (κ2) is 9.51. The van der Waals surface area contributed by atoms with Gasteiger partial charge in [-0.3, -0.25) is 19.2 Å². The average molecular weight is 370 g/mol. The maximum atomic E-state index is 12.9. The van der Waals surface area contributed by atoms with Gasteiger partial charge in [0.05, 0.1) is 6.04 Å². The Balaban J connectivity index is 2.85. The number of hydrogen-bond donors (Lipinski definition) is 4.